The predicted molar refractivity (Wildman–Crippen MR) is 78.9 cm³/mol. The summed E-state index contributed by atoms with van der Waals surface area (Å²) in [7, 11) is 3.38. The van der Waals surface area contributed by atoms with E-state index in [9.17, 15) is 9.59 Å². The number of rotatable bonds is 5. The molecular formula is C15H22N2O3. The van der Waals surface area contributed by atoms with Crippen molar-refractivity contribution in [1.82, 2.24) is 4.90 Å². The largest absolute Gasteiger partial charge is 0.369 e. The lowest BCUT2D eigenvalue weighted by atomic mass is 10.1. The van der Waals surface area contributed by atoms with E-state index in [4.69, 9.17) is 4.74 Å². The Morgan fingerprint density at radius 3 is 2.50 bits per heavy atom. The van der Waals surface area contributed by atoms with Crippen LogP contribution in [0.15, 0.2) is 18.2 Å². The first kappa shape index (κ1) is 16.2. The van der Waals surface area contributed by atoms with Crippen molar-refractivity contribution >= 4 is 17.5 Å². The van der Waals surface area contributed by atoms with Gasteiger partial charge in [-0.25, -0.2) is 0 Å². The molecule has 2 amide bonds. The van der Waals surface area contributed by atoms with Crippen molar-refractivity contribution in [1.29, 1.82) is 0 Å². The van der Waals surface area contributed by atoms with E-state index in [1.54, 1.807) is 26.2 Å². The Labute approximate surface area is 119 Å². The number of amides is 2. The van der Waals surface area contributed by atoms with Gasteiger partial charge >= 0.3 is 0 Å². The van der Waals surface area contributed by atoms with E-state index in [0.717, 1.165) is 5.56 Å². The van der Waals surface area contributed by atoms with E-state index in [-0.39, 0.29) is 24.5 Å². The fraction of sp³-hybridized carbons (Fsp3) is 0.467. The van der Waals surface area contributed by atoms with Crippen molar-refractivity contribution in [2.24, 2.45) is 0 Å². The lowest BCUT2D eigenvalue weighted by molar-refractivity contribution is -0.121. The first-order valence-electron chi connectivity index (χ1n) is 6.55. The molecule has 1 aromatic carbocycles. The van der Waals surface area contributed by atoms with E-state index in [2.05, 4.69) is 5.32 Å². The van der Waals surface area contributed by atoms with Crippen LogP contribution in [0.5, 0.6) is 0 Å². The first-order valence-corrected chi connectivity index (χ1v) is 6.55. The normalized spacial score (nSPS) is 10.5. The summed E-state index contributed by atoms with van der Waals surface area (Å²) < 4.78 is 5.24. The quantitative estimate of drug-likeness (QED) is 0.897. The smallest absolute Gasteiger partial charge is 0.253 e. The molecule has 110 valence electrons. The highest BCUT2D eigenvalue weighted by Gasteiger charge is 2.12. The van der Waals surface area contributed by atoms with Crippen LogP contribution in [0.1, 0.15) is 29.8 Å². The molecule has 1 N–H and O–H groups in total. The van der Waals surface area contributed by atoms with Crippen LogP contribution >= 0.6 is 0 Å². The summed E-state index contributed by atoms with van der Waals surface area (Å²) in [5.74, 6) is -0.324. The summed E-state index contributed by atoms with van der Waals surface area (Å²) in [4.78, 5) is 25.1. The highest BCUT2D eigenvalue weighted by Crippen LogP contribution is 2.17. The number of benzene rings is 1. The zero-order chi connectivity index (χ0) is 15.3. The number of hydrogen-bond acceptors (Lipinski definition) is 3. The molecule has 20 heavy (non-hydrogen) atoms. The number of hydrogen-bond donors (Lipinski definition) is 1. The summed E-state index contributed by atoms with van der Waals surface area (Å²) in [6.07, 6.45) is 0.00324. The Morgan fingerprint density at radius 1 is 1.30 bits per heavy atom. The molecule has 0 aromatic heterocycles. The van der Waals surface area contributed by atoms with Crippen molar-refractivity contribution in [3.8, 4) is 0 Å². The highest BCUT2D eigenvalue weighted by molar-refractivity contribution is 5.97. The second-order valence-electron chi connectivity index (χ2n) is 5.14. The first-order chi connectivity index (χ1) is 9.31. The van der Waals surface area contributed by atoms with Gasteiger partial charge in [0.2, 0.25) is 5.91 Å². The Bertz CT molecular complexity index is 496. The van der Waals surface area contributed by atoms with Gasteiger partial charge in [0.15, 0.2) is 0 Å². The van der Waals surface area contributed by atoms with Gasteiger partial charge in [0.05, 0.1) is 6.10 Å². The lowest BCUT2D eigenvalue weighted by Crippen LogP contribution is -2.23. The summed E-state index contributed by atoms with van der Waals surface area (Å²) in [6.45, 7) is 5.62. The van der Waals surface area contributed by atoms with Gasteiger partial charge in [0.1, 0.15) is 6.61 Å². The number of anilines is 1. The molecule has 0 radical (unpaired) electrons. The molecule has 0 bridgehead atoms. The van der Waals surface area contributed by atoms with Gasteiger partial charge in [0, 0.05) is 25.3 Å². The minimum absolute atomic E-state index is 0.00294. The summed E-state index contributed by atoms with van der Waals surface area (Å²) in [5.41, 5.74) is 2.08. The molecule has 0 unspecified atom stereocenters. The van der Waals surface area contributed by atoms with Gasteiger partial charge in [0.25, 0.3) is 5.91 Å². The molecule has 0 aliphatic carbocycles. The van der Waals surface area contributed by atoms with E-state index < -0.39 is 0 Å². The van der Waals surface area contributed by atoms with E-state index in [0.29, 0.717) is 11.3 Å². The van der Waals surface area contributed by atoms with Crippen LogP contribution in [-0.4, -0.2) is 43.5 Å². The molecule has 0 aliphatic rings. The van der Waals surface area contributed by atoms with Crippen molar-refractivity contribution in [3.05, 3.63) is 29.3 Å². The number of nitrogens with one attached hydrogen (secondary N) is 1. The maximum absolute atomic E-state index is 11.9. The molecule has 0 saturated heterocycles. The van der Waals surface area contributed by atoms with Crippen LogP contribution in [0.25, 0.3) is 0 Å². The van der Waals surface area contributed by atoms with Crippen molar-refractivity contribution in [3.63, 3.8) is 0 Å². The standard InChI is InChI=1S/C15H22N2O3/c1-10(2)20-9-14(18)16-13-8-12(7-6-11(13)3)15(19)17(4)5/h6-8,10H,9H2,1-5H3,(H,16,18). The minimum atomic E-state index is -0.226. The van der Waals surface area contributed by atoms with E-state index >= 15 is 0 Å². The van der Waals surface area contributed by atoms with Crippen LogP contribution in [-0.2, 0) is 9.53 Å². The highest BCUT2D eigenvalue weighted by atomic mass is 16.5. The Balaban J connectivity index is 2.81. The van der Waals surface area contributed by atoms with E-state index in [1.165, 1.54) is 4.90 Å². The Morgan fingerprint density at radius 2 is 1.95 bits per heavy atom. The second-order valence-corrected chi connectivity index (χ2v) is 5.14. The van der Waals surface area contributed by atoms with Gasteiger partial charge in [-0.2, -0.15) is 0 Å². The molecule has 1 rings (SSSR count). The summed E-state index contributed by atoms with van der Waals surface area (Å²) >= 11 is 0. The molecule has 0 fully saturated rings. The van der Waals surface area contributed by atoms with Crippen molar-refractivity contribution in [2.45, 2.75) is 26.9 Å². The van der Waals surface area contributed by atoms with Crippen LogP contribution < -0.4 is 5.32 Å². The molecule has 0 heterocycles. The van der Waals surface area contributed by atoms with Gasteiger partial charge in [-0.1, -0.05) is 6.07 Å². The number of aryl methyl sites for hydroxylation is 1. The van der Waals surface area contributed by atoms with Gasteiger partial charge in [-0.3, -0.25) is 9.59 Å². The monoisotopic (exact) mass is 278 g/mol. The Kier molecular flexibility index (Phi) is 5.70. The third-order valence-electron chi connectivity index (χ3n) is 2.71. The molecule has 1 aromatic rings. The van der Waals surface area contributed by atoms with Crippen LogP contribution in [0.3, 0.4) is 0 Å². The third kappa shape index (κ3) is 4.66. The van der Waals surface area contributed by atoms with Gasteiger partial charge in [-0.05, 0) is 38.5 Å². The fourth-order valence-electron chi connectivity index (χ4n) is 1.58. The van der Waals surface area contributed by atoms with Gasteiger partial charge < -0.3 is 15.0 Å². The van der Waals surface area contributed by atoms with Crippen molar-refractivity contribution < 1.29 is 14.3 Å². The predicted octanol–water partition coefficient (Wildman–Crippen LogP) is 2.06. The topological polar surface area (TPSA) is 58.6 Å². The van der Waals surface area contributed by atoms with Crippen LogP contribution in [0, 0.1) is 6.92 Å². The summed E-state index contributed by atoms with van der Waals surface area (Å²) in [6, 6.07) is 5.25. The third-order valence-corrected chi connectivity index (χ3v) is 2.71. The average molecular weight is 278 g/mol. The molecule has 0 saturated carbocycles. The summed E-state index contributed by atoms with van der Waals surface area (Å²) in [5, 5.41) is 2.77. The zero-order valence-electron chi connectivity index (χ0n) is 12.7. The second kappa shape index (κ2) is 7.05. The van der Waals surface area contributed by atoms with Crippen molar-refractivity contribution in [2.75, 3.05) is 26.0 Å². The number of carbonyl (C=O) groups is 2. The zero-order valence-corrected chi connectivity index (χ0v) is 12.7. The molecule has 5 nitrogen and oxygen atoms in total. The van der Waals surface area contributed by atoms with E-state index in [1.807, 2.05) is 26.8 Å². The van der Waals surface area contributed by atoms with Gasteiger partial charge in [-0.15, -0.1) is 0 Å². The molecule has 0 aliphatic heterocycles. The molecular weight excluding hydrogens is 256 g/mol. The number of carbonyl (C=O) groups excluding carboxylic acids is 2. The molecule has 5 heteroatoms. The Hall–Kier alpha value is -1.88. The average Bonchev–Trinajstić information content (AvgIpc) is 2.38. The maximum atomic E-state index is 11.9. The minimum Gasteiger partial charge on any atom is -0.369 e. The van der Waals surface area contributed by atoms with Crippen LogP contribution in [0.4, 0.5) is 5.69 Å². The maximum Gasteiger partial charge on any atom is 0.253 e. The lowest BCUT2D eigenvalue weighted by Gasteiger charge is -2.14. The fourth-order valence-corrected chi connectivity index (χ4v) is 1.58. The SMILES string of the molecule is Cc1ccc(C(=O)N(C)C)cc1NC(=O)COC(C)C. The van der Waals surface area contributed by atoms with Crippen LogP contribution in [0.2, 0.25) is 0 Å². The number of ether oxygens (including phenoxy) is 1. The number of nitrogens with zero attached hydrogens (tertiary/aromatic N) is 1. The molecule has 0 spiro atoms. The molecule has 0 atom stereocenters.